The van der Waals surface area contributed by atoms with Crippen LogP contribution >= 0.6 is 11.8 Å². The summed E-state index contributed by atoms with van der Waals surface area (Å²) in [5.74, 6) is -0.488. The summed E-state index contributed by atoms with van der Waals surface area (Å²) in [5, 5.41) is 4.34. The normalized spacial score (nSPS) is 14.8. The van der Waals surface area contributed by atoms with Gasteiger partial charge in [0.15, 0.2) is 11.0 Å². The van der Waals surface area contributed by atoms with Crippen molar-refractivity contribution in [2.75, 3.05) is 17.3 Å². The molecule has 2 heterocycles. The number of amidine groups is 1. The minimum atomic E-state index is -4.79. The number of alkyl halides is 6. The molecule has 0 radical (unpaired) electrons. The van der Waals surface area contributed by atoms with Crippen molar-refractivity contribution >= 4 is 40.7 Å². The van der Waals surface area contributed by atoms with Gasteiger partial charge in [0, 0.05) is 18.1 Å². The van der Waals surface area contributed by atoms with Gasteiger partial charge >= 0.3 is 18.6 Å². The number of carbonyl (C=O) groups excluding carboxylic acids is 2. The number of amides is 2. The van der Waals surface area contributed by atoms with Crippen LogP contribution in [0, 0.1) is 0 Å². The minimum Gasteiger partial charge on any atom is -0.448 e. The van der Waals surface area contributed by atoms with E-state index in [-0.39, 0.29) is 40.6 Å². The van der Waals surface area contributed by atoms with E-state index in [1.807, 2.05) is 0 Å². The number of allylic oxidation sites excluding steroid dienone is 1. The third-order valence-corrected chi connectivity index (χ3v) is 7.16. The lowest BCUT2D eigenvalue weighted by Crippen LogP contribution is -2.30. The van der Waals surface area contributed by atoms with Crippen molar-refractivity contribution in [2.24, 2.45) is 4.99 Å². The molecule has 0 saturated carbocycles. The molecule has 0 unspecified atom stereocenters. The molecule has 0 spiro atoms. The standard InChI is InChI=1S/C30H21F6N5O4S/c31-29(32,33)15-13-20-3-1-2-4-24(20)41-25(42)17-46-27(41)38-28(43)44-16-14-19-5-7-21(8-6-19)26-37-18-40(39-26)22-9-11-23(12-10-22)45-30(34,35)36/h1-13,15,18H,14,16-17H2/b15-13+,38-27?. The number of anilines is 1. The van der Waals surface area contributed by atoms with Crippen LogP contribution in [-0.2, 0) is 16.0 Å². The van der Waals surface area contributed by atoms with Crippen LogP contribution in [0.25, 0.3) is 23.2 Å². The second-order valence-corrected chi connectivity index (χ2v) is 10.4. The molecule has 4 aromatic rings. The highest BCUT2D eigenvalue weighted by Gasteiger charge is 2.32. The lowest BCUT2D eigenvalue weighted by Gasteiger charge is -2.18. The van der Waals surface area contributed by atoms with Crippen LogP contribution < -0.4 is 9.64 Å². The molecule has 0 N–H and O–H groups in total. The Balaban J connectivity index is 1.17. The zero-order valence-electron chi connectivity index (χ0n) is 23.3. The molecule has 2 amide bonds. The zero-order chi connectivity index (χ0) is 32.9. The Kier molecular flexibility index (Phi) is 9.46. The monoisotopic (exact) mass is 661 g/mol. The number of carbonyl (C=O) groups is 2. The molecule has 9 nitrogen and oxygen atoms in total. The third-order valence-electron chi connectivity index (χ3n) is 6.24. The highest BCUT2D eigenvalue weighted by molar-refractivity contribution is 8.15. The number of benzene rings is 3. The van der Waals surface area contributed by atoms with Crippen LogP contribution in [0.1, 0.15) is 11.1 Å². The number of thioether (sulfide) groups is 1. The molecule has 1 fully saturated rings. The Morgan fingerprint density at radius 1 is 0.978 bits per heavy atom. The van der Waals surface area contributed by atoms with Crippen molar-refractivity contribution in [3.8, 4) is 22.8 Å². The molecule has 3 aromatic carbocycles. The summed E-state index contributed by atoms with van der Waals surface area (Å²) in [6.07, 6.45) is -7.66. The van der Waals surface area contributed by atoms with E-state index in [0.29, 0.717) is 23.5 Å². The number of nitrogens with zero attached hydrogens (tertiary/aromatic N) is 5. The highest BCUT2D eigenvalue weighted by atomic mass is 32.2. The number of hydrogen-bond donors (Lipinski definition) is 0. The summed E-state index contributed by atoms with van der Waals surface area (Å²) in [5.41, 5.74) is 2.21. The van der Waals surface area contributed by atoms with Gasteiger partial charge < -0.3 is 9.47 Å². The minimum absolute atomic E-state index is 0.00951. The Morgan fingerprint density at radius 2 is 1.70 bits per heavy atom. The molecule has 0 aliphatic carbocycles. The quantitative estimate of drug-likeness (QED) is 0.184. The van der Waals surface area contributed by atoms with Gasteiger partial charge in [-0.3, -0.25) is 9.69 Å². The van der Waals surface area contributed by atoms with Gasteiger partial charge in [0.25, 0.3) is 0 Å². The van der Waals surface area contributed by atoms with Crippen molar-refractivity contribution in [3.05, 3.63) is 96.3 Å². The first kappa shape index (κ1) is 32.3. The Hall–Kier alpha value is -5.12. The van der Waals surface area contributed by atoms with Crippen LogP contribution in [0.4, 0.5) is 36.8 Å². The number of rotatable bonds is 8. The number of aliphatic imine (C=N–C) groups is 1. The maximum atomic E-state index is 12.7. The van der Waals surface area contributed by atoms with E-state index in [1.54, 1.807) is 30.3 Å². The molecule has 1 aliphatic heterocycles. The van der Waals surface area contributed by atoms with E-state index in [0.717, 1.165) is 28.3 Å². The van der Waals surface area contributed by atoms with Gasteiger partial charge in [0.2, 0.25) is 5.91 Å². The number of halogens is 6. The summed E-state index contributed by atoms with van der Waals surface area (Å²) in [6.45, 7) is -0.0423. The maximum absolute atomic E-state index is 12.7. The summed E-state index contributed by atoms with van der Waals surface area (Å²) < 4.78 is 85.8. The predicted octanol–water partition coefficient (Wildman–Crippen LogP) is 7.22. The highest BCUT2D eigenvalue weighted by Crippen LogP contribution is 2.31. The van der Waals surface area contributed by atoms with Gasteiger partial charge in [-0.15, -0.1) is 18.3 Å². The van der Waals surface area contributed by atoms with Gasteiger partial charge in [-0.05, 0) is 47.5 Å². The molecule has 1 saturated heterocycles. The van der Waals surface area contributed by atoms with Crippen molar-refractivity contribution < 1.29 is 45.4 Å². The Labute approximate surface area is 261 Å². The first-order chi connectivity index (χ1) is 21.8. The van der Waals surface area contributed by atoms with Gasteiger partial charge in [-0.1, -0.05) is 54.2 Å². The average Bonchev–Trinajstić information content (AvgIpc) is 3.63. The molecule has 238 valence electrons. The van der Waals surface area contributed by atoms with Crippen LogP contribution in [-0.4, -0.2) is 56.8 Å². The van der Waals surface area contributed by atoms with Crippen LogP contribution in [0.2, 0.25) is 0 Å². The number of para-hydroxylation sites is 1. The van der Waals surface area contributed by atoms with Crippen molar-refractivity contribution in [3.63, 3.8) is 0 Å². The Bertz CT molecular complexity index is 1770. The summed E-state index contributed by atoms with van der Waals surface area (Å²) in [6, 6.07) is 18.1. The molecule has 46 heavy (non-hydrogen) atoms. The van der Waals surface area contributed by atoms with Gasteiger partial charge in [-0.2, -0.15) is 18.2 Å². The molecule has 1 aromatic heterocycles. The fourth-order valence-electron chi connectivity index (χ4n) is 4.21. The first-order valence-electron chi connectivity index (χ1n) is 13.3. The number of aromatic nitrogens is 3. The molecule has 1 aliphatic rings. The average molecular weight is 662 g/mol. The first-order valence-corrected chi connectivity index (χ1v) is 14.3. The predicted molar refractivity (Wildman–Crippen MR) is 157 cm³/mol. The van der Waals surface area contributed by atoms with E-state index >= 15 is 0 Å². The fourth-order valence-corrected chi connectivity index (χ4v) is 5.06. The molecule has 16 heteroatoms. The zero-order valence-corrected chi connectivity index (χ0v) is 24.1. The summed E-state index contributed by atoms with van der Waals surface area (Å²) in [4.78, 5) is 34.2. The number of hydrogen-bond acceptors (Lipinski definition) is 7. The third kappa shape index (κ3) is 8.53. The van der Waals surface area contributed by atoms with Gasteiger partial charge in [0.05, 0.1) is 23.7 Å². The van der Waals surface area contributed by atoms with E-state index in [2.05, 4.69) is 19.8 Å². The molecule has 0 atom stereocenters. The largest absolute Gasteiger partial charge is 0.573 e. The summed E-state index contributed by atoms with van der Waals surface area (Å²) in [7, 11) is 0. The van der Waals surface area contributed by atoms with Gasteiger partial charge in [0.1, 0.15) is 12.1 Å². The molecule has 5 rings (SSSR count). The second kappa shape index (κ2) is 13.5. The van der Waals surface area contributed by atoms with Crippen molar-refractivity contribution in [2.45, 2.75) is 19.0 Å². The fraction of sp³-hybridized carbons (Fsp3) is 0.167. The maximum Gasteiger partial charge on any atom is 0.573 e. The smallest absolute Gasteiger partial charge is 0.448 e. The second-order valence-electron chi connectivity index (χ2n) is 9.46. The molecular weight excluding hydrogens is 640 g/mol. The van der Waals surface area contributed by atoms with Crippen LogP contribution in [0.15, 0.2) is 90.2 Å². The van der Waals surface area contributed by atoms with Crippen LogP contribution in [0.3, 0.4) is 0 Å². The van der Waals surface area contributed by atoms with Crippen molar-refractivity contribution in [1.82, 2.24) is 14.8 Å². The lowest BCUT2D eigenvalue weighted by molar-refractivity contribution is -0.274. The van der Waals surface area contributed by atoms with Gasteiger partial charge in [-0.25, -0.2) is 14.5 Å². The van der Waals surface area contributed by atoms with Crippen molar-refractivity contribution in [1.29, 1.82) is 0 Å². The summed E-state index contributed by atoms with van der Waals surface area (Å²) >= 11 is 0.965. The van der Waals surface area contributed by atoms with E-state index in [1.165, 1.54) is 53.5 Å². The van der Waals surface area contributed by atoms with E-state index < -0.39 is 24.5 Å². The van der Waals surface area contributed by atoms with Crippen LogP contribution in [0.5, 0.6) is 5.75 Å². The number of ether oxygens (including phenoxy) is 2. The van der Waals surface area contributed by atoms with E-state index in [4.69, 9.17) is 4.74 Å². The SMILES string of the molecule is O=C(N=C1SCC(=O)N1c1ccccc1/C=C/C(F)(F)F)OCCc1ccc(-c2ncn(-c3ccc(OC(F)(F)F)cc3)n2)cc1. The lowest BCUT2D eigenvalue weighted by atomic mass is 10.1. The molecule has 0 bridgehead atoms. The topological polar surface area (TPSA) is 98.9 Å². The molecular formula is C30H21F6N5O4S. The van der Waals surface area contributed by atoms with E-state index in [9.17, 15) is 35.9 Å². The Morgan fingerprint density at radius 3 is 2.39 bits per heavy atom.